The van der Waals surface area contributed by atoms with Crippen LogP contribution in [0.1, 0.15) is 32.1 Å². The molecule has 4 heteroatoms. The molecule has 0 heterocycles. The zero-order valence-corrected chi connectivity index (χ0v) is 9.68. The summed E-state index contributed by atoms with van der Waals surface area (Å²) in [5.74, 6) is 1.44. The van der Waals surface area contributed by atoms with Gasteiger partial charge in [-0.3, -0.25) is 4.57 Å². The van der Waals surface area contributed by atoms with Crippen LogP contribution in [0.2, 0.25) is 0 Å². The molecule has 0 amide bonds. The van der Waals surface area contributed by atoms with Gasteiger partial charge in [0.25, 0.3) is 0 Å². The SMILES string of the molecule is COP(=O)(C=C=C1CCCCC1)OC. The molecule has 0 unspecified atom stereocenters. The molecular weight excluding hydrogens is 199 g/mol. The van der Waals surface area contributed by atoms with Crippen molar-refractivity contribution in [2.24, 2.45) is 0 Å². The third kappa shape index (κ3) is 3.43. The molecule has 14 heavy (non-hydrogen) atoms. The summed E-state index contributed by atoms with van der Waals surface area (Å²) in [6.07, 6.45) is 5.83. The Morgan fingerprint density at radius 3 is 2.29 bits per heavy atom. The van der Waals surface area contributed by atoms with Gasteiger partial charge in [0.1, 0.15) is 0 Å². The van der Waals surface area contributed by atoms with Crippen molar-refractivity contribution < 1.29 is 13.6 Å². The molecule has 1 aliphatic rings. The van der Waals surface area contributed by atoms with E-state index in [1.165, 1.54) is 44.9 Å². The Kier molecular flexibility index (Phi) is 4.64. The predicted octanol–water partition coefficient (Wildman–Crippen LogP) is 3.48. The molecule has 1 saturated carbocycles. The monoisotopic (exact) mass is 216 g/mol. The van der Waals surface area contributed by atoms with Crippen molar-refractivity contribution in [1.29, 1.82) is 0 Å². The lowest BCUT2D eigenvalue weighted by Gasteiger charge is -2.11. The highest BCUT2D eigenvalue weighted by atomic mass is 31.2. The number of hydrogen-bond acceptors (Lipinski definition) is 3. The van der Waals surface area contributed by atoms with Gasteiger partial charge in [-0.1, -0.05) is 6.42 Å². The van der Waals surface area contributed by atoms with E-state index < -0.39 is 7.60 Å². The number of hydrogen-bond donors (Lipinski definition) is 0. The zero-order chi connectivity index (χ0) is 10.4. The highest BCUT2D eigenvalue weighted by Crippen LogP contribution is 2.47. The van der Waals surface area contributed by atoms with Gasteiger partial charge in [-0.15, -0.1) is 5.73 Å². The summed E-state index contributed by atoms with van der Waals surface area (Å²) in [6, 6.07) is 0. The summed E-state index contributed by atoms with van der Waals surface area (Å²) >= 11 is 0. The molecule has 0 aromatic rings. The van der Waals surface area contributed by atoms with Crippen LogP contribution in [0.4, 0.5) is 0 Å². The van der Waals surface area contributed by atoms with Crippen molar-refractivity contribution in [1.82, 2.24) is 0 Å². The largest absolute Gasteiger partial charge is 0.361 e. The molecule has 0 N–H and O–H groups in total. The molecule has 1 rings (SSSR count). The minimum atomic E-state index is -3.00. The fraction of sp³-hybridized carbons (Fsp3) is 0.700. The van der Waals surface area contributed by atoms with E-state index in [2.05, 4.69) is 5.73 Å². The van der Waals surface area contributed by atoms with Gasteiger partial charge in [0, 0.05) is 14.2 Å². The minimum absolute atomic E-state index is 1.06. The highest BCUT2D eigenvalue weighted by Gasteiger charge is 2.15. The van der Waals surface area contributed by atoms with Crippen molar-refractivity contribution in [3.05, 3.63) is 17.1 Å². The fourth-order valence-electron chi connectivity index (χ4n) is 1.47. The third-order valence-electron chi connectivity index (χ3n) is 2.39. The summed E-state index contributed by atoms with van der Waals surface area (Å²) in [5.41, 5.74) is 4.27. The van der Waals surface area contributed by atoms with Crippen molar-refractivity contribution in [3.63, 3.8) is 0 Å². The maximum Gasteiger partial charge on any atom is 0.361 e. The lowest BCUT2D eigenvalue weighted by atomic mass is 9.96. The normalized spacial score (nSPS) is 17.7. The molecule has 0 atom stereocenters. The quantitative estimate of drug-likeness (QED) is 0.535. The summed E-state index contributed by atoms with van der Waals surface area (Å²) in [4.78, 5) is 0. The van der Waals surface area contributed by atoms with E-state index >= 15 is 0 Å². The van der Waals surface area contributed by atoms with Crippen molar-refractivity contribution >= 4 is 7.60 Å². The van der Waals surface area contributed by atoms with Gasteiger partial charge in [-0.2, -0.15) is 0 Å². The third-order valence-corrected chi connectivity index (χ3v) is 3.86. The van der Waals surface area contributed by atoms with E-state index in [4.69, 9.17) is 9.05 Å². The maximum absolute atomic E-state index is 11.6. The van der Waals surface area contributed by atoms with E-state index in [0.29, 0.717) is 0 Å². The van der Waals surface area contributed by atoms with Gasteiger partial charge in [-0.05, 0) is 31.3 Å². The molecule has 0 aromatic carbocycles. The molecule has 0 saturated heterocycles. The Hall–Kier alpha value is -0.330. The lowest BCUT2D eigenvalue weighted by Crippen LogP contribution is -1.91. The summed E-state index contributed by atoms with van der Waals surface area (Å²) in [6.45, 7) is 0. The molecule has 0 aromatic heterocycles. The first-order chi connectivity index (χ1) is 6.70. The Bertz CT molecular complexity index is 274. The van der Waals surface area contributed by atoms with E-state index in [-0.39, 0.29) is 0 Å². The van der Waals surface area contributed by atoms with Gasteiger partial charge in [-0.25, -0.2) is 0 Å². The van der Waals surface area contributed by atoms with Crippen LogP contribution in [0.3, 0.4) is 0 Å². The highest BCUT2D eigenvalue weighted by molar-refractivity contribution is 7.57. The second kappa shape index (κ2) is 5.53. The molecule has 0 bridgehead atoms. The van der Waals surface area contributed by atoms with Gasteiger partial charge in [0.2, 0.25) is 0 Å². The van der Waals surface area contributed by atoms with Crippen molar-refractivity contribution in [3.8, 4) is 0 Å². The molecule has 0 aliphatic heterocycles. The van der Waals surface area contributed by atoms with Crippen LogP contribution in [0.15, 0.2) is 17.1 Å². The smallest absolute Gasteiger partial charge is 0.309 e. The van der Waals surface area contributed by atoms with Crippen molar-refractivity contribution in [2.75, 3.05) is 14.2 Å². The van der Waals surface area contributed by atoms with Crippen LogP contribution >= 0.6 is 7.60 Å². The first kappa shape index (κ1) is 11.7. The Morgan fingerprint density at radius 1 is 1.21 bits per heavy atom. The summed E-state index contributed by atoms with van der Waals surface area (Å²) < 4.78 is 21.2. The number of allylic oxidation sites excluding steroid dienone is 1. The molecule has 1 fully saturated rings. The van der Waals surface area contributed by atoms with E-state index in [1.54, 1.807) is 0 Å². The molecule has 1 aliphatic carbocycles. The maximum atomic E-state index is 11.6. The lowest BCUT2D eigenvalue weighted by molar-refractivity contribution is 0.286. The first-order valence-electron chi connectivity index (χ1n) is 4.87. The topological polar surface area (TPSA) is 35.5 Å². The first-order valence-corrected chi connectivity index (χ1v) is 6.48. The van der Waals surface area contributed by atoms with Crippen LogP contribution < -0.4 is 0 Å². The Balaban J connectivity index is 2.72. The van der Waals surface area contributed by atoms with Crippen LogP contribution in [0.25, 0.3) is 0 Å². The van der Waals surface area contributed by atoms with E-state index in [0.717, 1.165) is 12.8 Å². The molecule has 0 radical (unpaired) electrons. The van der Waals surface area contributed by atoms with Gasteiger partial charge >= 0.3 is 7.60 Å². The predicted molar refractivity (Wildman–Crippen MR) is 56.3 cm³/mol. The van der Waals surface area contributed by atoms with Gasteiger partial charge < -0.3 is 9.05 Å². The second-order valence-corrected chi connectivity index (χ2v) is 5.41. The van der Waals surface area contributed by atoms with Gasteiger partial charge in [0.05, 0.1) is 5.82 Å². The van der Waals surface area contributed by atoms with Crippen LogP contribution in [-0.4, -0.2) is 14.2 Å². The van der Waals surface area contributed by atoms with Gasteiger partial charge in [0.15, 0.2) is 0 Å². The summed E-state index contributed by atoms with van der Waals surface area (Å²) in [7, 11) is -0.239. The molecule has 80 valence electrons. The van der Waals surface area contributed by atoms with E-state index in [1.807, 2.05) is 0 Å². The second-order valence-electron chi connectivity index (χ2n) is 3.34. The average Bonchev–Trinajstić information content (AvgIpc) is 2.27. The van der Waals surface area contributed by atoms with Crippen molar-refractivity contribution in [2.45, 2.75) is 32.1 Å². The van der Waals surface area contributed by atoms with Crippen LogP contribution in [0, 0.1) is 0 Å². The zero-order valence-electron chi connectivity index (χ0n) is 8.78. The Morgan fingerprint density at radius 2 is 1.79 bits per heavy atom. The van der Waals surface area contributed by atoms with Crippen LogP contribution in [0.5, 0.6) is 0 Å². The molecule has 0 spiro atoms. The van der Waals surface area contributed by atoms with Crippen LogP contribution in [-0.2, 0) is 13.6 Å². The average molecular weight is 216 g/mol. The molecular formula is C10H17O3P. The number of rotatable bonds is 3. The minimum Gasteiger partial charge on any atom is -0.309 e. The standard InChI is InChI=1S/C10H17O3P/c1-12-14(11,13-2)9-8-10-6-4-3-5-7-10/h9H,3-7H2,1-2H3. The fourth-order valence-corrected chi connectivity index (χ4v) is 2.17. The summed E-state index contributed by atoms with van der Waals surface area (Å²) in [5, 5.41) is 0. The molecule has 3 nitrogen and oxygen atoms in total. The Labute approximate surface area is 85.3 Å². The van der Waals surface area contributed by atoms with E-state index in [9.17, 15) is 4.57 Å².